The first-order valence-electron chi connectivity index (χ1n) is 9.22. The van der Waals surface area contributed by atoms with Gasteiger partial charge in [0.2, 0.25) is 5.91 Å². The fourth-order valence-electron chi connectivity index (χ4n) is 3.16. The number of anilines is 1. The molecule has 0 spiro atoms. The number of aromatic nitrogens is 2. The summed E-state index contributed by atoms with van der Waals surface area (Å²) >= 11 is 1.50. The van der Waals surface area contributed by atoms with Gasteiger partial charge in [-0.15, -0.1) is 10.2 Å². The topological polar surface area (TPSA) is 68.5 Å². The summed E-state index contributed by atoms with van der Waals surface area (Å²) in [5, 5.41) is 8.61. The van der Waals surface area contributed by atoms with Crippen LogP contribution in [-0.4, -0.2) is 28.4 Å². The maximum atomic E-state index is 12.2. The van der Waals surface area contributed by atoms with Crippen molar-refractivity contribution in [2.24, 2.45) is 0 Å². The van der Waals surface area contributed by atoms with E-state index in [-0.39, 0.29) is 12.5 Å². The second-order valence-corrected chi connectivity index (χ2v) is 7.61. The highest BCUT2D eigenvalue weighted by atomic mass is 32.2. The van der Waals surface area contributed by atoms with Crippen molar-refractivity contribution in [2.75, 3.05) is 17.2 Å². The molecule has 7 heteroatoms. The number of hydrogen-bond acceptors (Lipinski definition) is 6. The van der Waals surface area contributed by atoms with E-state index in [1.54, 1.807) is 0 Å². The molecule has 0 fully saturated rings. The standard InChI is InChI=1S/C21H21N3O3S/c1-15-7-2-5-10-18(15)26-14-19-22-23-21(27-19)28-12-6-11-24-17-9-4-3-8-16(17)13-20(24)25/h2-5,7-10H,6,11-14H2,1H3. The minimum Gasteiger partial charge on any atom is -0.484 e. The first kappa shape index (κ1) is 18.6. The third-order valence-corrected chi connectivity index (χ3v) is 5.47. The quantitative estimate of drug-likeness (QED) is 0.424. The van der Waals surface area contributed by atoms with Crippen LogP contribution < -0.4 is 9.64 Å². The maximum absolute atomic E-state index is 12.2. The van der Waals surface area contributed by atoms with E-state index >= 15 is 0 Å². The third-order valence-electron chi connectivity index (χ3n) is 4.57. The molecule has 6 nitrogen and oxygen atoms in total. The number of carbonyl (C=O) groups is 1. The number of carbonyl (C=O) groups excluding carboxylic acids is 1. The van der Waals surface area contributed by atoms with Crippen LogP contribution in [0.4, 0.5) is 5.69 Å². The summed E-state index contributed by atoms with van der Waals surface area (Å²) < 4.78 is 11.4. The number of nitrogens with zero attached hydrogens (tertiary/aromatic N) is 3. The molecule has 1 aromatic heterocycles. The molecule has 0 atom stereocenters. The van der Waals surface area contributed by atoms with Crippen LogP contribution in [0.3, 0.4) is 0 Å². The van der Waals surface area contributed by atoms with Crippen molar-refractivity contribution in [2.45, 2.75) is 31.6 Å². The minimum absolute atomic E-state index is 0.166. The van der Waals surface area contributed by atoms with Crippen molar-refractivity contribution in [3.63, 3.8) is 0 Å². The maximum Gasteiger partial charge on any atom is 0.276 e. The van der Waals surface area contributed by atoms with Gasteiger partial charge in [0.15, 0.2) is 6.61 Å². The lowest BCUT2D eigenvalue weighted by Crippen LogP contribution is -2.28. The van der Waals surface area contributed by atoms with Crippen LogP contribution in [0.5, 0.6) is 5.75 Å². The molecule has 0 saturated carbocycles. The van der Waals surface area contributed by atoms with Gasteiger partial charge in [0, 0.05) is 18.0 Å². The molecule has 144 valence electrons. The molecule has 2 aromatic carbocycles. The lowest BCUT2D eigenvalue weighted by atomic mass is 10.2. The molecule has 3 aromatic rings. The molecule has 0 radical (unpaired) electrons. The molecule has 0 N–H and O–H groups in total. The molecular weight excluding hydrogens is 374 g/mol. The Morgan fingerprint density at radius 1 is 1.14 bits per heavy atom. The molecule has 4 rings (SSSR count). The van der Waals surface area contributed by atoms with E-state index < -0.39 is 0 Å². The molecule has 0 bridgehead atoms. The van der Waals surface area contributed by atoms with Crippen LogP contribution in [0.25, 0.3) is 0 Å². The van der Waals surface area contributed by atoms with E-state index in [1.165, 1.54) is 11.8 Å². The van der Waals surface area contributed by atoms with Gasteiger partial charge in [0.25, 0.3) is 11.1 Å². The second-order valence-electron chi connectivity index (χ2n) is 6.57. The summed E-state index contributed by atoms with van der Waals surface area (Å²) in [4.78, 5) is 14.0. The van der Waals surface area contributed by atoms with Crippen molar-refractivity contribution in [3.8, 4) is 5.75 Å². The lowest BCUT2D eigenvalue weighted by molar-refractivity contribution is -0.117. The summed E-state index contributed by atoms with van der Waals surface area (Å²) in [6.07, 6.45) is 1.35. The third kappa shape index (κ3) is 4.20. The van der Waals surface area contributed by atoms with Gasteiger partial charge in [0.05, 0.1) is 6.42 Å². The Bertz CT molecular complexity index is 973. The number of hydrogen-bond donors (Lipinski definition) is 0. The van der Waals surface area contributed by atoms with Gasteiger partial charge in [-0.05, 0) is 36.6 Å². The predicted octanol–water partition coefficient (Wildman–Crippen LogP) is 4.03. The number of fused-ring (bicyclic) bond motifs is 1. The minimum atomic E-state index is 0.166. The Morgan fingerprint density at radius 3 is 2.86 bits per heavy atom. The zero-order valence-corrected chi connectivity index (χ0v) is 16.4. The average molecular weight is 395 g/mol. The van der Waals surface area contributed by atoms with Gasteiger partial charge in [-0.25, -0.2) is 0 Å². The van der Waals surface area contributed by atoms with Crippen LogP contribution in [-0.2, 0) is 17.8 Å². The first-order chi connectivity index (χ1) is 13.7. The molecule has 0 unspecified atom stereocenters. The van der Waals surface area contributed by atoms with E-state index in [0.717, 1.165) is 34.7 Å². The normalized spacial score (nSPS) is 13.0. The van der Waals surface area contributed by atoms with E-state index in [9.17, 15) is 4.79 Å². The van der Waals surface area contributed by atoms with Gasteiger partial charge in [-0.2, -0.15) is 0 Å². The second kappa shape index (κ2) is 8.48. The molecule has 2 heterocycles. The number of rotatable bonds is 8. The Kier molecular flexibility index (Phi) is 5.62. The van der Waals surface area contributed by atoms with Crippen LogP contribution in [0, 0.1) is 6.92 Å². The van der Waals surface area contributed by atoms with E-state index in [4.69, 9.17) is 9.15 Å². The predicted molar refractivity (Wildman–Crippen MR) is 108 cm³/mol. The molecule has 1 amide bonds. The van der Waals surface area contributed by atoms with Crippen LogP contribution >= 0.6 is 11.8 Å². The van der Waals surface area contributed by atoms with Crippen LogP contribution in [0.15, 0.2) is 58.2 Å². The smallest absolute Gasteiger partial charge is 0.276 e. The zero-order valence-electron chi connectivity index (χ0n) is 15.6. The molecule has 28 heavy (non-hydrogen) atoms. The van der Waals surface area contributed by atoms with Gasteiger partial charge in [-0.3, -0.25) is 4.79 Å². The molecule has 1 aliphatic heterocycles. The number of aryl methyl sites for hydroxylation is 1. The van der Waals surface area contributed by atoms with Crippen molar-refractivity contribution in [1.29, 1.82) is 0 Å². The van der Waals surface area contributed by atoms with Gasteiger partial charge in [0.1, 0.15) is 5.75 Å². The highest BCUT2D eigenvalue weighted by Gasteiger charge is 2.25. The highest BCUT2D eigenvalue weighted by Crippen LogP contribution is 2.29. The molecule has 1 aliphatic rings. The van der Waals surface area contributed by atoms with Crippen molar-refractivity contribution < 1.29 is 13.9 Å². The lowest BCUT2D eigenvalue weighted by Gasteiger charge is -2.16. The van der Waals surface area contributed by atoms with Crippen LogP contribution in [0.2, 0.25) is 0 Å². The Hall–Kier alpha value is -2.80. The first-order valence-corrected chi connectivity index (χ1v) is 10.2. The number of benzene rings is 2. The number of amides is 1. The average Bonchev–Trinajstić information content (AvgIpc) is 3.28. The summed E-state index contributed by atoms with van der Waals surface area (Å²) in [6, 6.07) is 15.8. The van der Waals surface area contributed by atoms with Crippen LogP contribution in [0.1, 0.15) is 23.4 Å². The highest BCUT2D eigenvalue weighted by molar-refractivity contribution is 7.99. The van der Waals surface area contributed by atoms with Crippen molar-refractivity contribution in [1.82, 2.24) is 10.2 Å². The number of ether oxygens (including phenoxy) is 1. The monoisotopic (exact) mass is 395 g/mol. The summed E-state index contributed by atoms with van der Waals surface area (Å²) in [6.45, 7) is 2.94. The van der Waals surface area contributed by atoms with Crippen molar-refractivity contribution in [3.05, 3.63) is 65.5 Å². The fourth-order valence-corrected chi connectivity index (χ4v) is 3.86. The van der Waals surface area contributed by atoms with Gasteiger partial charge >= 0.3 is 0 Å². The largest absolute Gasteiger partial charge is 0.484 e. The summed E-state index contributed by atoms with van der Waals surface area (Å²) in [5.74, 6) is 2.23. The summed E-state index contributed by atoms with van der Waals surface area (Å²) in [7, 11) is 0. The van der Waals surface area contributed by atoms with E-state index in [2.05, 4.69) is 10.2 Å². The number of para-hydroxylation sites is 2. The van der Waals surface area contributed by atoms with Gasteiger partial charge in [-0.1, -0.05) is 48.2 Å². The van der Waals surface area contributed by atoms with Crippen molar-refractivity contribution >= 4 is 23.4 Å². The fraction of sp³-hybridized carbons (Fsp3) is 0.286. The number of thioether (sulfide) groups is 1. The molecule has 0 saturated heterocycles. The van der Waals surface area contributed by atoms with E-state index in [1.807, 2.05) is 60.4 Å². The summed E-state index contributed by atoms with van der Waals surface area (Å²) in [5.41, 5.74) is 3.20. The molecular formula is C21H21N3O3S. The Morgan fingerprint density at radius 2 is 1.96 bits per heavy atom. The molecule has 0 aliphatic carbocycles. The Labute approximate surface area is 167 Å². The Balaban J connectivity index is 1.23. The SMILES string of the molecule is Cc1ccccc1OCc1nnc(SCCCN2C(=O)Cc3ccccc32)o1. The van der Waals surface area contributed by atoms with E-state index in [0.29, 0.717) is 24.1 Å². The van der Waals surface area contributed by atoms with Gasteiger partial charge < -0.3 is 14.1 Å². The zero-order chi connectivity index (χ0) is 19.3.